The maximum atomic E-state index is 12.1. The number of H-pyrrole nitrogens is 1. The van der Waals surface area contributed by atoms with E-state index in [9.17, 15) is 8.42 Å². The van der Waals surface area contributed by atoms with Crippen LogP contribution in [0.5, 0.6) is 0 Å². The molecular formula is C11H19N3O3S. The summed E-state index contributed by atoms with van der Waals surface area (Å²) in [6.45, 7) is 5.04. The van der Waals surface area contributed by atoms with Crippen molar-refractivity contribution in [1.29, 1.82) is 0 Å². The molecule has 102 valence electrons. The monoisotopic (exact) mass is 273 g/mol. The minimum atomic E-state index is -3.36. The normalized spacial score (nSPS) is 18.2. The van der Waals surface area contributed by atoms with Crippen molar-refractivity contribution in [2.24, 2.45) is 0 Å². The molecule has 1 fully saturated rings. The molecule has 2 rings (SSSR count). The maximum absolute atomic E-state index is 12.1. The smallest absolute Gasteiger partial charge is 0.236 e. The molecule has 1 aliphatic rings. The fraction of sp³-hybridized carbons (Fsp3) is 0.727. The number of nitrogens with one attached hydrogen (secondary N) is 2. The first-order valence-electron chi connectivity index (χ1n) is 6.13. The maximum Gasteiger partial charge on any atom is 0.236 e. The molecule has 7 heteroatoms. The lowest BCUT2D eigenvalue weighted by Gasteiger charge is -2.21. The van der Waals surface area contributed by atoms with Gasteiger partial charge in [0, 0.05) is 25.0 Å². The van der Waals surface area contributed by atoms with Crippen molar-refractivity contribution in [2.45, 2.75) is 37.9 Å². The largest absolute Gasteiger partial charge is 0.381 e. The van der Waals surface area contributed by atoms with E-state index in [-0.39, 0.29) is 5.25 Å². The predicted octanol–water partition coefficient (Wildman–Crippen LogP) is 1.45. The van der Waals surface area contributed by atoms with E-state index < -0.39 is 10.0 Å². The second kappa shape index (κ2) is 5.27. The number of ether oxygens (including phenoxy) is 1. The Kier molecular flexibility index (Phi) is 3.91. The van der Waals surface area contributed by atoms with Crippen LogP contribution in [0.1, 0.15) is 38.3 Å². The third-order valence-electron chi connectivity index (χ3n) is 3.07. The summed E-state index contributed by atoms with van der Waals surface area (Å²) in [5, 5.41) is 6.42. The molecule has 0 spiro atoms. The van der Waals surface area contributed by atoms with Crippen molar-refractivity contribution in [3.63, 3.8) is 0 Å². The molecule has 0 saturated carbocycles. The minimum Gasteiger partial charge on any atom is -0.381 e. The van der Waals surface area contributed by atoms with Crippen molar-refractivity contribution in [3.8, 4) is 0 Å². The van der Waals surface area contributed by atoms with Crippen LogP contribution in [0.25, 0.3) is 0 Å². The van der Waals surface area contributed by atoms with E-state index in [1.807, 2.05) is 13.8 Å². The van der Waals surface area contributed by atoms with E-state index in [4.69, 9.17) is 4.74 Å². The molecule has 6 nitrogen and oxygen atoms in total. The highest BCUT2D eigenvalue weighted by atomic mass is 32.2. The van der Waals surface area contributed by atoms with Crippen LogP contribution in [0.15, 0.2) is 6.07 Å². The number of hydrogen-bond donors (Lipinski definition) is 2. The van der Waals surface area contributed by atoms with Gasteiger partial charge in [-0.15, -0.1) is 0 Å². The van der Waals surface area contributed by atoms with Gasteiger partial charge in [-0.2, -0.15) is 5.10 Å². The highest BCUT2D eigenvalue weighted by Gasteiger charge is 2.28. The number of aromatic nitrogens is 2. The molecule has 0 atom stereocenters. The SMILES string of the molecule is CC(C)c1cc(NS(=O)(=O)C2CCOCC2)n[nH]1. The zero-order valence-electron chi connectivity index (χ0n) is 10.6. The van der Waals surface area contributed by atoms with Crippen LogP contribution >= 0.6 is 0 Å². The van der Waals surface area contributed by atoms with Crippen LogP contribution in [-0.2, 0) is 14.8 Å². The molecule has 0 amide bonds. The molecule has 1 aromatic rings. The van der Waals surface area contributed by atoms with Crippen molar-refractivity contribution < 1.29 is 13.2 Å². The Morgan fingerprint density at radius 1 is 1.44 bits per heavy atom. The Labute approximate surface area is 107 Å². The molecule has 2 N–H and O–H groups in total. The van der Waals surface area contributed by atoms with Crippen molar-refractivity contribution >= 4 is 15.8 Å². The van der Waals surface area contributed by atoms with Gasteiger partial charge in [-0.25, -0.2) is 8.42 Å². The van der Waals surface area contributed by atoms with Crippen LogP contribution in [0.2, 0.25) is 0 Å². The number of hydrogen-bond acceptors (Lipinski definition) is 4. The molecule has 0 bridgehead atoms. The number of anilines is 1. The Bertz CT molecular complexity index is 489. The number of nitrogens with zero attached hydrogens (tertiary/aromatic N) is 1. The minimum absolute atomic E-state index is 0.291. The van der Waals surface area contributed by atoms with E-state index in [1.54, 1.807) is 6.07 Å². The first-order valence-corrected chi connectivity index (χ1v) is 7.68. The van der Waals surface area contributed by atoms with E-state index in [0.717, 1.165) is 5.69 Å². The number of sulfonamides is 1. The van der Waals surface area contributed by atoms with Crippen molar-refractivity contribution in [1.82, 2.24) is 10.2 Å². The summed E-state index contributed by atoms with van der Waals surface area (Å²) in [5.74, 6) is 0.657. The van der Waals surface area contributed by atoms with Gasteiger partial charge in [0.1, 0.15) is 0 Å². The molecule has 0 aromatic carbocycles. The molecule has 1 aliphatic heterocycles. The Hall–Kier alpha value is -1.08. The second-order valence-electron chi connectivity index (χ2n) is 4.82. The zero-order chi connectivity index (χ0) is 13.2. The molecule has 0 radical (unpaired) electrons. The van der Waals surface area contributed by atoms with Crippen LogP contribution in [-0.4, -0.2) is 37.1 Å². The van der Waals surface area contributed by atoms with Crippen LogP contribution in [0.3, 0.4) is 0 Å². The molecule has 0 aliphatic carbocycles. The summed E-state index contributed by atoms with van der Waals surface area (Å²) < 4.78 is 31.9. The van der Waals surface area contributed by atoms with Gasteiger partial charge in [0.25, 0.3) is 0 Å². The summed E-state index contributed by atoms with van der Waals surface area (Å²) in [4.78, 5) is 0. The highest BCUT2D eigenvalue weighted by molar-refractivity contribution is 7.93. The Balaban J connectivity index is 2.06. The van der Waals surface area contributed by atoms with Gasteiger partial charge in [-0.05, 0) is 18.8 Å². The third kappa shape index (κ3) is 3.02. The standard InChI is InChI=1S/C11H19N3O3S/c1-8(2)10-7-11(13-12-10)14-18(15,16)9-3-5-17-6-4-9/h7-9H,3-6H2,1-2H3,(H2,12,13,14). The molecule has 2 heterocycles. The zero-order valence-corrected chi connectivity index (χ0v) is 11.5. The fourth-order valence-corrected chi connectivity index (χ4v) is 3.28. The number of aromatic amines is 1. The lowest BCUT2D eigenvalue weighted by molar-refractivity contribution is 0.0984. The molecule has 0 unspecified atom stereocenters. The molecule has 18 heavy (non-hydrogen) atoms. The van der Waals surface area contributed by atoms with E-state index >= 15 is 0 Å². The van der Waals surface area contributed by atoms with Crippen LogP contribution in [0, 0.1) is 0 Å². The quantitative estimate of drug-likeness (QED) is 0.869. The van der Waals surface area contributed by atoms with Gasteiger partial charge < -0.3 is 4.74 Å². The summed E-state index contributed by atoms with van der Waals surface area (Å²) in [5.41, 5.74) is 0.916. The van der Waals surface area contributed by atoms with Gasteiger partial charge in [0.05, 0.1) is 5.25 Å². The Morgan fingerprint density at radius 2 is 2.11 bits per heavy atom. The van der Waals surface area contributed by atoms with Gasteiger partial charge >= 0.3 is 0 Å². The third-order valence-corrected chi connectivity index (χ3v) is 4.92. The van der Waals surface area contributed by atoms with Gasteiger partial charge in [-0.1, -0.05) is 13.8 Å². The summed E-state index contributed by atoms with van der Waals surface area (Å²) in [6, 6.07) is 1.74. The van der Waals surface area contributed by atoms with Crippen molar-refractivity contribution in [2.75, 3.05) is 17.9 Å². The predicted molar refractivity (Wildman–Crippen MR) is 69.1 cm³/mol. The first-order chi connectivity index (χ1) is 8.49. The number of rotatable bonds is 4. The summed E-state index contributed by atoms with van der Waals surface area (Å²) >= 11 is 0. The second-order valence-corrected chi connectivity index (χ2v) is 6.78. The average molecular weight is 273 g/mol. The van der Waals surface area contributed by atoms with Gasteiger partial charge in [0.2, 0.25) is 10.0 Å². The van der Waals surface area contributed by atoms with Crippen LogP contribution in [0.4, 0.5) is 5.82 Å². The van der Waals surface area contributed by atoms with Crippen molar-refractivity contribution in [3.05, 3.63) is 11.8 Å². The molecule has 1 aromatic heterocycles. The van der Waals surface area contributed by atoms with E-state index in [0.29, 0.717) is 37.8 Å². The summed E-state index contributed by atoms with van der Waals surface area (Å²) in [6.07, 6.45) is 1.08. The molecular weight excluding hydrogens is 254 g/mol. The van der Waals surface area contributed by atoms with E-state index in [2.05, 4.69) is 14.9 Å². The van der Waals surface area contributed by atoms with Gasteiger partial charge in [0.15, 0.2) is 5.82 Å². The lowest BCUT2D eigenvalue weighted by Crippen LogP contribution is -2.33. The summed E-state index contributed by atoms with van der Waals surface area (Å²) in [7, 11) is -3.36. The van der Waals surface area contributed by atoms with E-state index in [1.165, 1.54) is 0 Å². The fourth-order valence-electron chi connectivity index (χ4n) is 1.90. The van der Waals surface area contributed by atoms with Crippen LogP contribution < -0.4 is 4.72 Å². The van der Waals surface area contributed by atoms with Gasteiger partial charge in [-0.3, -0.25) is 9.82 Å². The average Bonchev–Trinajstić information content (AvgIpc) is 2.78. The first kappa shape index (κ1) is 13.4. The highest BCUT2D eigenvalue weighted by Crippen LogP contribution is 2.20. The Morgan fingerprint density at radius 3 is 2.67 bits per heavy atom. The lowest BCUT2D eigenvalue weighted by atomic mass is 10.1. The topological polar surface area (TPSA) is 84.1 Å². The molecule has 1 saturated heterocycles.